The van der Waals surface area contributed by atoms with E-state index in [-0.39, 0.29) is 12.5 Å². The molecule has 10 heteroatoms. The van der Waals surface area contributed by atoms with E-state index in [0.717, 1.165) is 16.0 Å². The van der Waals surface area contributed by atoms with Gasteiger partial charge in [0.25, 0.3) is 5.92 Å². The van der Waals surface area contributed by atoms with Crippen molar-refractivity contribution in [2.45, 2.75) is 24.3 Å². The molecule has 1 saturated heterocycles. The number of pyridine rings is 1. The SMILES string of the molecule is CN(C)C(=O)[C@@H](c1ccc(-c2ccn3ncnc3c2)cc1)C(N)C(=O)N1CCC(F)(F)C1. The number of alkyl halides is 2. The number of rotatable bonds is 5. The number of likely N-dealkylation sites (N-methyl/N-ethyl adjacent to an activating group) is 1. The van der Waals surface area contributed by atoms with Crippen molar-refractivity contribution in [2.24, 2.45) is 5.73 Å². The van der Waals surface area contributed by atoms with Crippen LogP contribution < -0.4 is 5.73 Å². The Hall–Kier alpha value is -3.40. The highest BCUT2D eigenvalue weighted by Gasteiger charge is 2.44. The summed E-state index contributed by atoms with van der Waals surface area (Å²) in [5, 5.41) is 4.07. The predicted molar refractivity (Wildman–Crippen MR) is 114 cm³/mol. The molecule has 0 spiro atoms. The number of likely N-dealkylation sites (tertiary alicyclic amines) is 1. The number of hydrogen-bond donors (Lipinski definition) is 1. The Labute approximate surface area is 183 Å². The quantitative estimate of drug-likeness (QED) is 0.650. The van der Waals surface area contributed by atoms with Crippen molar-refractivity contribution in [1.29, 1.82) is 0 Å². The van der Waals surface area contributed by atoms with Gasteiger partial charge in [0.05, 0.1) is 12.5 Å². The maximum absolute atomic E-state index is 13.6. The molecule has 1 unspecified atom stereocenters. The topological polar surface area (TPSA) is 96.8 Å². The maximum Gasteiger partial charge on any atom is 0.267 e. The number of aromatic nitrogens is 3. The second kappa shape index (κ2) is 8.27. The molecule has 0 bridgehead atoms. The average molecular weight is 442 g/mol. The van der Waals surface area contributed by atoms with Gasteiger partial charge in [-0.2, -0.15) is 5.10 Å². The lowest BCUT2D eigenvalue weighted by atomic mass is 9.88. The van der Waals surface area contributed by atoms with Crippen LogP contribution in [0.15, 0.2) is 48.9 Å². The van der Waals surface area contributed by atoms with Gasteiger partial charge >= 0.3 is 0 Å². The first-order chi connectivity index (χ1) is 15.2. The van der Waals surface area contributed by atoms with Gasteiger partial charge in [-0.05, 0) is 28.8 Å². The van der Waals surface area contributed by atoms with Gasteiger partial charge in [0.2, 0.25) is 11.8 Å². The summed E-state index contributed by atoms with van der Waals surface area (Å²) in [7, 11) is 3.14. The summed E-state index contributed by atoms with van der Waals surface area (Å²) in [6, 6.07) is 9.64. The molecule has 1 aromatic carbocycles. The van der Waals surface area contributed by atoms with Crippen LogP contribution in [0.3, 0.4) is 0 Å². The van der Waals surface area contributed by atoms with Gasteiger partial charge in [0, 0.05) is 33.3 Å². The molecule has 2 amide bonds. The number of nitrogens with two attached hydrogens (primary N) is 1. The summed E-state index contributed by atoms with van der Waals surface area (Å²) in [4.78, 5) is 32.3. The standard InChI is InChI=1S/C22H24F2N6O2/c1-28(2)20(31)18(19(25)21(32)29-10-8-22(23,24)12-29)15-5-3-14(4-6-15)16-7-9-30-17(11-16)26-13-27-30/h3-7,9,11,13,18-19H,8,10,12,25H2,1-2H3/t18-,19?/m0/s1. The molecule has 3 aromatic rings. The largest absolute Gasteiger partial charge is 0.348 e. The minimum Gasteiger partial charge on any atom is -0.348 e. The molecule has 1 aliphatic rings. The molecule has 4 rings (SSSR count). The van der Waals surface area contributed by atoms with Crippen molar-refractivity contribution in [1.82, 2.24) is 24.4 Å². The second-order valence-electron chi connectivity index (χ2n) is 8.20. The van der Waals surface area contributed by atoms with Crippen LogP contribution in [0, 0.1) is 0 Å². The van der Waals surface area contributed by atoms with Crippen molar-refractivity contribution in [3.63, 3.8) is 0 Å². The fourth-order valence-electron chi connectivity index (χ4n) is 3.94. The van der Waals surface area contributed by atoms with Crippen LogP contribution >= 0.6 is 0 Å². The number of fused-ring (bicyclic) bond motifs is 1. The molecule has 0 radical (unpaired) electrons. The van der Waals surface area contributed by atoms with E-state index in [1.54, 1.807) is 36.9 Å². The monoisotopic (exact) mass is 442 g/mol. The molecule has 2 N–H and O–H groups in total. The summed E-state index contributed by atoms with van der Waals surface area (Å²) in [5.74, 6) is -4.93. The van der Waals surface area contributed by atoms with Crippen LogP contribution in [0.25, 0.3) is 16.8 Å². The van der Waals surface area contributed by atoms with Crippen LogP contribution in [-0.2, 0) is 9.59 Å². The zero-order chi connectivity index (χ0) is 23.0. The van der Waals surface area contributed by atoms with E-state index >= 15 is 0 Å². The Morgan fingerprint density at radius 3 is 2.50 bits per heavy atom. The lowest BCUT2D eigenvalue weighted by Crippen LogP contribution is -2.50. The number of hydrogen-bond acceptors (Lipinski definition) is 5. The zero-order valence-electron chi connectivity index (χ0n) is 17.8. The van der Waals surface area contributed by atoms with Gasteiger partial charge in [-0.1, -0.05) is 24.3 Å². The van der Waals surface area contributed by atoms with Crippen LogP contribution in [0.5, 0.6) is 0 Å². The summed E-state index contributed by atoms with van der Waals surface area (Å²) < 4.78 is 28.8. The van der Waals surface area contributed by atoms with Crippen molar-refractivity contribution in [3.05, 3.63) is 54.5 Å². The minimum absolute atomic E-state index is 0.0769. The molecule has 2 aromatic heterocycles. The third kappa shape index (κ3) is 4.18. The summed E-state index contributed by atoms with van der Waals surface area (Å²) >= 11 is 0. The Balaban J connectivity index is 1.61. The first-order valence-electron chi connectivity index (χ1n) is 10.2. The number of benzene rings is 1. The van der Waals surface area contributed by atoms with Crippen LogP contribution in [-0.4, -0.2) is 75.4 Å². The van der Waals surface area contributed by atoms with E-state index in [1.807, 2.05) is 24.3 Å². The van der Waals surface area contributed by atoms with Crippen molar-refractivity contribution in [3.8, 4) is 11.1 Å². The van der Waals surface area contributed by atoms with Crippen LogP contribution in [0.2, 0.25) is 0 Å². The van der Waals surface area contributed by atoms with Gasteiger partial charge in [-0.25, -0.2) is 18.3 Å². The average Bonchev–Trinajstić information content (AvgIpc) is 3.38. The number of carbonyl (C=O) groups is 2. The number of nitrogens with zero attached hydrogens (tertiary/aromatic N) is 5. The molecule has 2 atom stereocenters. The molecule has 0 saturated carbocycles. The highest BCUT2D eigenvalue weighted by Crippen LogP contribution is 2.30. The first-order valence-corrected chi connectivity index (χ1v) is 10.2. The molecule has 1 fully saturated rings. The van der Waals surface area contributed by atoms with E-state index in [4.69, 9.17) is 5.73 Å². The fourth-order valence-corrected chi connectivity index (χ4v) is 3.94. The molecule has 3 heterocycles. The Morgan fingerprint density at radius 1 is 1.16 bits per heavy atom. The van der Waals surface area contributed by atoms with Crippen molar-refractivity contribution < 1.29 is 18.4 Å². The summed E-state index contributed by atoms with van der Waals surface area (Å²) in [6.07, 6.45) is 2.86. The van der Waals surface area contributed by atoms with Gasteiger partial charge in [0.15, 0.2) is 5.65 Å². The van der Waals surface area contributed by atoms with Crippen LogP contribution in [0.1, 0.15) is 17.9 Å². The molecule has 168 valence electrons. The number of carbonyl (C=O) groups excluding carboxylic acids is 2. The Bertz CT molecular complexity index is 1140. The number of amides is 2. The molecule has 32 heavy (non-hydrogen) atoms. The smallest absolute Gasteiger partial charge is 0.267 e. The molecular formula is C22H24F2N6O2. The third-order valence-electron chi connectivity index (χ3n) is 5.72. The molecule has 8 nitrogen and oxygen atoms in total. The lowest BCUT2D eigenvalue weighted by molar-refractivity contribution is -0.139. The number of halogens is 2. The van der Waals surface area contributed by atoms with E-state index in [1.165, 1.54) is 11.2 Å². The summed E-state index contributed by atoms with van der Waals surface area (Å²) in [5.41, 5.74) is 9.23. The van der Waals surface area contributed by atoms with E-state index in [9.17, 15) is 18.4 Å². The Kier molecular flexibility index (Phi) is 5.64. The molecule has 1 aliphatic heterocycles. The van der Waals surface area contributed by atoms with E-state index in [0.29, 0.717) is 11.2 Å². The van der Waals surface area contributed by atoms with E-state index < -0.39 is 36.8 Å². The van der Waals surface area contributed by atoms with Gasteiger partial charge < -0.3 is 15.5 Å². The Morgan fingerprint density at radius 2 is 1.88 bits per heavy atom. The van der Waals surface area contributed by atoms with Gasteiger partial charge in [-0.3, -0.25) is 9.59 Å². The second-order valence-corrected chi connectivity index (χ2v) is 8.20. The highest BCUT2D eigenvalue weighted by molar-refractivity contribution is 5.93. The van der Waals surface area contributed by atoms with E-state index in [2.05, 4.69) is 10.1 Å². The predicted octanol–water partition coefficient (Wildman–Crippen LogP) is 1.76. The van der Waals surface area contributed by atoms with Crippen molar-refractivity contribution in [2.75, 3.05) is 27.2 Å². The minimum atomic E-state index is -2.93. The fraction of sp³-hybridized carbons (Fsp3) is 0.364. The summed E-state index contributed by atoms with van der Waals surface area (Å²) in [6.45, 7) is -0.751. The maximum atomic E-state index is 13.6. The first kappa shape index (κ1) is 21.8. The van der Waals surface area contributed by atoms with Crippen LogP contribution in [0.4, 0.5) is 8.78 Å². The van der Waals surface area contributed by atoms with Gasteiger partial charge in [0.1, 0.15) is 12.4 Å². The molecule has 0 aliphatic carbocycles. The molecular weight excluding hydrogens is 418 g/mol. The van der Waals surface area contributed by atoms with Crippen molar-refractivity contribution >= 4 is 17.5 Å². The third-order valence-corrected chi connectivity index (χ3v) is 5.72. The van der Waals surface area contributed by atoms with Gasteiger partial charge in [-0.15, -0.1) is 0 Å². The normalized spacial score (nSPS) is 17.3. The highest BCUT2D eigenvalue weighted by atomic mass is 19.3. The zero-order valence-corrected chi connectivity index (χ0v) is 17.8. The lowest BCUT2D eigenvalue weighted by Gasteiger charge is -2.28.